The number of aliphatic hydroxyl groups excluding tert-OH is 3. The zero-order valence-corrected chi connectivity index (χ0v) is 18.2. The van der Waals surface area contributed by atoms with Gasteiger partial charge >= 0.3 is 5.97 Å². The fourth-order valence-corrected chi connectivity index (χ4v) is 5.04. The lowest BCUT2D eigenvalue weighted by Gasteiger charge is -2.42. The van der Waals surface area contributed by atoms with Gasteiger partial charge in [0.15, 0.2) is 6.10 Å². The molecule has 0 amide bonds. The van der Waals surface area contributed by atoms with Gasteiger partial charge in [0, 0.05) is 25.3 Å². The number of likely N-dealkylation sites (N-methyl/N-ethyl adjacent to an activating group) is 1. The summed E-state index contributed by atoms with van der Waals surface area (Å²) in [6.07, 6.45) is -7.49. The van der Waals surface area contributed by atoms with E-state index in [2.05, 4.69) is 35.0 Å². The van der Waals surface area contributed by atoms with Crippen LogP contribution in [0.15, 0.2) is 42.5 Å². The summed E-state index contributed by atoms with van der Waals surface area (Å²) in [4.78, 5) is 16.1. The molecule has 9 heteroatoms. The lowest BCUT2D eigenvalue weighted by molar-refractivity contribution is -0.271. The molecule has 0 saturated carbocycles. The number of carboxylic acids is 1. The lowest BCUT2D eigenvalue weighted by Crippen LogP contribution is -2.61. The van der Waals surface area contributed by atoms with E-state index in [1.54, 1.807) is 6.07 Å². The van der Waals surface area contributed by atoms with Gasteiger partial charge in [0.05, 0.1) is 6.04 Å². The molecule has 176 valence electrons. The fraction of sp³-hybridized carbons (Fsp3) is 0.458. The molecule has 0 radical (unpaired) electrons. The topological polar surface area (TPSA) is 123 Å². The Bertz CT molecular complexity index is 1050. The van der Waals surface area contributed by atoms with Crippen molar-refractivity contribution in [2.75, 3.05) is 31.6 Å². The van der Waals surface area contributed by atoms with Crippen LogP contribution >= 0.6 is 0 Å². The average Bonchev–Trinajstić information content (AvgIpc) is 2.93. The van der Waals surface area contributed by atoms with Gasteiger partial charge in [-0.2, -0.15) is 0 Å². The highest BCUT2D eigenvalue weighted by Crippen LogP contribution is 2.40. The number of carboxylic acid groups (broad SMARTS) is 1. The highest BCUT2D eigenvalue weighted by atomic mass is 16.7. The van der Waals surface area contributed by atoms with E-state index in [0.717, 1.165) is 30.9 Å². The van der Waals surface area contributed by atoms with E-state index in [9.17, 15) is 25.2 Å². The molecule has 0 aliphatic carbocycles. The quantitative estimate of drug-likeness (QED) is 0.518. The standard InChI is InChI=1S/C24H28N2O7/c1-25-8-9-26-17-7-6-15(32-24-21(29)19(27)20(28)22(33-24)23(30)31)11-14(17)10-13-4-2-3-5-16(13)18(26)12-25/h2-7,11,18-22,24,27-29H,8-10,12H2,1H3,(H,30,31)/t18-,19+,20+,21-,22+,24-/m1/s1. The molecule has 5 rings (SSSR count). The average molecular weight is 456 g/mol. The Morgan fingerprint density at radius 1 is 1.03 bits per heavy atom. The monoisotopic (exact) mass is 456 g/mol. The molecule has 2 aromatic carbocycles. The minimum Gasteiger partial charge on any atom is -0.479 e. The summed E-state index contributed by atoms with van der Waals surface area (Å²) < 4.78 is 11.1. The van der Waals surface area contributed by atoms with Gasteiger partial charge in [-0.05, 0) is 48.4 Å². The SMILES string of the molecule is CN1CCN2c3ccc(O[C@@H]4O[C@H](C(=O)O)[C@@H](O)[C@H](O)[C@H]4O)cc3Cc3ccccc3[C@H]2C1. The number of aliphatic carboxylic acids is 1. The molecule has 0 unspecified atom stereocenters. The lowest BCUT2D eigenvalue weighted by atomic mass is 9.96. The van der Waals surface area contributed by atoms with E-state index in [1.807, 2.05) is 18.2 Å². The molecule has 6 atom stereocenters. The third kappa shape index (κ3) is 3.96. The van der Waals surface area contributed by atoms with Gasteiger partial charge in [-0.1, -0.05) is 24.3 Å². The van der Waals surface area contributed by atoms with Gasteiger partial charge in [-0.15, -0.1) is 0 Å². The van der Waals surface area contributed by atoms with Crippen LogP contribution in [0.1, 0.15) is 22.7 Å². The first kappa shape index (κ1) is 22.1. The Kier molecular flexibility index (Phi) is 5.75. The van der Waals surface area contributed by atoms with Crippen molar-refractivity contribution in [2.45, 2.75) is 43.2 Å². The van der Waals surface area contributed by atoms with Crippen molar-refractivity contribution in [2.24, 2.45) is 0 Å². The number of aliphatic hydroxyl groups is 3. The molecule has 0 bridgehead atoms. The number of fused-ring (bicyclic) bond motifs is 5. The molecule has 2 saturated heterocycles. The Morgan fingerprint density at radius 2 is 1.82 bits per heavy atom. The van der Waals surface area contributed by atoms with E-state index in [0.29, 0.717) is 12.2 Å². The molecule has 2 aromatic rings. The number of ether oxygens (including phenoxy) is 2. The molecule has 3 heterocycles. The molecule has 2 fully saturated rings. The zero-order chi connectivity index (χ0) is 23.3. The first-order valence-electron chi connectivity index (χ1n) is 11.1. The summed E-state index contributed by atoms with van der Waals surface area (Å²) in [5.41, 5.74) is 4.70. The van der Waals surface area contributed by atoms with Crippen LogP contribution in [-0.2, 0) is 16.0 Å². The maximum absolute atomic E-state index is 11.4. The minimum atomic E-state index is -1.75. The number of rotatable bonds is 3. The van der Waals surface area contributed by atoms with Gasteiger partial charge in [-0.3, -0.25) is 0 Å². The maximum Gasteiger partial charge on any atom is 0.335 e. The van der Waals surface area contributed by atoms with E-state index in [-0.39, 0.29) is 6.04 Å². The number of hydrogen-bond acceptors (Lipinski definition) is 8. The summed E-state index contributed by atoms with van der Waals surface area (Å²) in [7, 11) is 2.13. The van der Waals surface area contributed by atoms with Crippen molar-refractivity contribution < 1.29 is 34.7 Å². The molecule has 33 heavy (non-hydrogen) atoms. The molecule has 3 aliphatic heterocycles. The van der Waals surface area contributed by atoms with Crippen LogP contribution in [0, 0.1) is 0 Å². The molecule has 9 nitrogen and oxygen atoms in total. The van der Waals surface area contributed by atoms with Crippen molar-refractivity contribution in [3.8, 4) is 5.75 Å². The third-order valence-corrected chi connectivity index (χ3v) is 6.80. The molecule has 0 spiro atoms. The van der Waals surface area contributed by atoms with Crippen LogP contribution in [0.3, 0.4) is 0 Å². The highest BCUT2D eigenvalue weighted by Gasteiger charge is 2.48. The minimum absolute atomic E-state index is 0.240. The zero-order valence-electron chi connectivity index (χ0n) is 18.2. The summed E-state index contributed by atoms with van der Waals surface area (Å²) in [6, 6.07) is 14.3. The van der Waals surface area contributed by atoms with Gasteiger partial charge in [0.1, 0.15) is 24.1 Å². The second-order valence-corrected chi connectivity index (χ2v) is 8.99. The molecule has 3 aliphatic rings. The van der Waals surface area contributed by atoms with E-state index in [4.69, 9.17) is 9.47 Å². The summed E-state index contributed by atoms with van der Waals surface area (Å²) >= 11 is 0. The van der Waals surface area contributed by atoms with Gasteiger partial charge in [0.25, 0.3) is 0 Å². The van der Waals surface area contributed by atoms with Crippen LogP contribution in [0.25, 0.3) is 0 Å². The Labute approximate surface area is 191 Å². The Balaban J connectivity index is 1.46. The van der Waals surface area contributed by atoms with Crippen LogP contribution < -0.4 is 9.64 Å². The molecule has 0 aromatic heterocycles. The Hall–Kier alpha value is -2.69. The van der Waals surface area contributed by atoms with Crippen molar-refractivity contribution >= 4 is 11.7 Å². The number of piperazine rings is 1. The van der Waals surface area contributed by atoms with E-state index in [1.165, 1.54) is 11.1 Å². The van der Waals surface area contributed by atoms with Gasteiger partial charge in [-0.25, -0.2) is 4.79 Å². The number of benzene rings is 2. The normalized spacial score (nSPS) is 31.7. The van der Waals surface area contributed by atoms with Crippen molar-refractivity contribution in [1.29, 1.82) is 0 Å². The highest BCUT2D eigenvalue weighted by molar-refractivity contribution is 5.73. The number of nitrogens with zero attached hydrogens (tertiary/aromatic N) is 2. The van der Waals surface area contributed by atoms with Crippen molar-refractivity contribution in [1.82, 2.24) is 4.90 Å². The van der Waals surface area contributed by atoms with Crippen molar-refractivity contribution in [3.63, 3.8) is 0 Å². The smallest absolute Gasteiger partial charge is 0.335 e. The first-order chi connectivity index (χ1) is 15.8. The first-order valence-corrected chi connectivity index (χ1v) is 11.1. The molecular weight excluding hydrogens is 428 g/mol. The Morgan fingerprint density at radius 3 is 2.61 bits per heavy atom. The molecular formula is C24H28N2O7. The maximum atomic E-state index is 11.4. The van der Waals surface area contributed by atoms with Gasteiger partial charge in [0.2, 0.25) is 6.29 Å². The van der Waals surface area contributed by atoms with E-state index < -0.39 is 36.7 Å². The second kappa shape index (κ2) is 8.58. The number of carbonyl (C=O) groups is 1. The largest absolute Gasteiger partial charge is 0.479 e. The number of hydrogen-bond donors (Lipinski definition) is 4. The van der Waals surface area contributed by atoms with Crippen LogP contribution in [0.5, 0.6) is 5.75 Å². The second-order valence-electron chi connectivity index (χ2n) is 8.99. The number of anilines is 1. The van der Waals surface area contributed by atoms with Gasteiger partial charge < -0.3 is 39.7 Å². The van der Waals surface area contributed by atoms with Crippen LogP contribution in [-0.4, -0.2) is 88.7 Å². The molecule has 4 N–H and O–H groups in total. The predicted octanol–water partition coefficient (Wildman–Crippen LogP) is 0.355. The third-order valence-electron chi connectivity index (χ3n) is 6.80. The summed E-state index contributed by atoms with van der Waals surface area (Å²) in [5, 5.41) is 39.5. The summed E-state index contributed by atoms with van der Waals surface area (Å²) in [6.45, 7) is 2.76. The predicted molar refractivity (Wildman–Crippen MR) is 118 cm³/mol. The van der Waals surface area contributed by atoms with Crippen LogP contribution in [0.4, 0.5) is 5.69 Å². The summed E-state index contributed by atoms with van der Waals surface area (Å²) in [5.74, 6) is -1.06. The van der Waals surface area contributed by atoms with Crippen molar-refractivity contribution in [3.05, 3.63) is 59.2 Å². The fourth-order valence-electron chi connectivity index (χ4n) is 5.04. The van der Waals surface area contributed by atoms with Crippen LogP contribution in [0.2, 0.25) is 0 Å². The van der Waals surface area contributed by atoms with E-state index >= 15 is 0 Å².